The van der Waals surface area contributed by atoms with Crippen LogP contribution in [0, 0.1) is 0 Å². The molecule has 0 aliphatic heterocycles. The lowest BCUT2D eigenvalue weighted by atomic mass is 9.96. The van der Waals surface area contributed by atoms with Crippen LogP contribution in [0.15, 0.2) is 65.3 Å². The molecule has 1 heterocycles. The lowest BCUT2D eigenvalue weighted by Crippen LogP contribution is -2.14. The Bertz CT molecular complexity index is 717. The highest BCUT2D eigenvalue weighted by molar-refractivity contribution is 9.10. The van der Waals surface area contributed by atoms with Gasteiger partial charge in [-0.15, -0.1) is 0 Å². The van der Waals surface area contributed by atoms with Gasteiger partial charge in [-0.05, 0) is 44.4 Å². The van der Waals surface area contributed by atoms with Crippen LogP contribution < -0.4 is 5.73 Å². The summed E-state index contributed by atoms with van der Waals surface area (Å²) in [4.78, 5) is 4.40. The minimum absolute atomic E-state index is 0.0465. The fourth-order valence-electron chi connectivity index (χ4n) is 2.44. The number of fused-ring (bicyclic) bond motifs is 1. The fraction of sp³-hybridized carbons (Fsp3) is 0.118. The van der Waals surface area contributed by atoms with Crippen molar-refractivity contribution in [3.8, 4) is 0 Å². The molecule has 1 unspecified atom stereocenters. The molecule has 2 nitrogen and oxygen atoms in total. The molecule has 0 saturated heterocycles. The van der Waals surface area contributed by atoms with Crippen LogP contribution in [-0.2, 0) is 6.42 Å². The summed E-state index contributed by atoms with van der Waals surface area (Å²) in [7, 11) is 0. The van der Waals surface area contributed by atoms with Crippen LogP contribution in [0.1, 0.15) is 17.3 Å². The molecule has 0 fully saturated rings. The number of hydrogen-bond acceptors (Lipinski definition) is 2. The fourth-order valence-corrected chi connectivity index (χ4v) is 2.67. The molecule has 0 aliphatic rings. The van der Waals surface area contributed by atoms with E-state index in [1.807, 2.05) is 24.4 Å². The number of halogens is 1. The maximum absolute atomic E-state index is 6.38. The van der Waals surface area contributed by atoms with E-state index < -0.39 is 0 Å². The molecular formula is C17H15BrN2. The van der Waals surface area contributed by atoms with E-state index in [-0.39, 0.29) is 6.04 Å². The van der Waals surface area contributed by atoms with Gasteiger partial charge in [0.1, 0.15) is 0 Å². The van der Waals surface area contributed by atoms with E-state index >= 15 is 0 Å². The zero-order chi connectivity index (χ0) is 13.9. The van der Waals surface area contributed by atoms with Crippen molar-refractivity contribution < 1.29 is 0 Å². The molecule has 0 aliphatic carbocycles. The van der Waals surface area contributed by atoms with Crippen LogP contribution in [0.2, 0.25) is 0 Å². The van der Waals surface area contributed by atoms with Crippen molar-refractivity contribution in [1.82, 2.24) is 4.98 Å². The third-order valence-electron chi connectivity index (χ3n) is 3.44. The first-order valence-corrected chi connectivity index (χ1v) is 7.37. The van der Waals surface area contributed by atoms with E-state index in [9.17, 15) is 0 Å². The number of hydrogen-bond donors (Lipinski definition) is 1. The van der Waals surface area contributed by atoms with Crippen molar-refractivity contribution in [2.45, 2.75) is 12.5 Å². The first-order valence-electron chi connectivity index (χ1n) is 6.58. The summed E-state index contributed by atoms with van der Waals surface area (Å²) >= 11 is 3.40. The number of benzene rings is 2. The maximum atomic E-state index is 6.38. The molecule has 0 saturated carbocycles. The van der Waals surface area contributed by atoms with Crippen molar-refractivity contribution in [3.63, 3.8) is 0 Å². The summed E-state index contributed by atoms with van der Waals surface area (Å²) in [5.41, 5.74) is 8.56. The summed E-state index contributed by atoms with van der Waals surface area (Å²) in [5, 5.41) is 2.45. The molecule has 1 atom stereocenters. The second kappa shape index (κ2) is 5.73. The summed E-state index contributed by atoms with van der Waals surface area (Å²) in [6, 6.07) is 18.6. The summed E-state index contributed by atoms with van der Waals surface area (Å²) in [6.45, 7) is 0. The van der Waals surface area contributed by atoms with Crippen LogP contribution in [0.3, 0.4) is 0 Å². The average Bonchev–Trinajstić information content (AvgIpc) is 2.49. The van der Waals surface area contributed by atoms with Gasteiger partial charge in [0.15, 0.2) is 0 Å². The van der Waals surface area contributed by atoms with Crippen LogP contribution in [0.5, 0.6) is 0 Å². The Morgan fingerprint density at radius 3 is 2.60 bits per heavy atom. The minimum Gasteiger partial charge on any atom is -0.324 e. The number of nitrogens with zero attached hydrogens (tertiary/aromatic N) is 1. The van der Waals surface area contributed by atoms with Crippen molar-refractivity contribution >= 4 is 26.7 Å². The molecular weight excluding hydrogens is 312 g/mol. The molecule has 0 spiro atoms. The summed E-state index contributed by atoms with van der Waals surface area (Å²) in [6.07, 6.45) is 2.55. The van der Waals surface area contributed by atoms with Gasteiger partial charge in [0.2, 0.25) is 0 Å². The van der Waals surface area contributed by atoms with Crippen molar-refractivity contribution in [1.29, 1.82) is 0 Å². The Morgan fingerprint density at radius 2 is 1.80 bits per heavy atom. The zero-order valence-corrected chi connectivity index (χ0v) is 12.5. The van der Waals surface area contributed by atoms with Crippen LogP contribution >= 0.6 is 15.9 Å². The molecule has 20 heavy (non-hydrogen) atoms. The second-order valence-electron chi connectivity index (χ2n) is 4.85. The van der Waals surface area contributed by atoms with E-state index in [1.54, 1.807) is 0 Å². The lowest BCUT2D eigenvalue weighted by molar-refractivity contribution is 0.712. The molecule has 0 amide bonds. The largest absolute Gasteiger partial charge is 0.324 e. The predicted molar refractivity (Wildman–Crippen MR) is 86.5 cm³/mol. The summed E-state index contributed by atoms with van der Waals surface area (Å²) < 4.78 is 0.986. The van der Waals surface area contributed by atoms with E-state index in [0.717, 1.165) is 16.6 Å². The lowest BCUT2D eigenvalue weighted by Gasteiger charge is -2.14. The third-order valence-corrected chi connectivity index (χ3v) is 3.91. The molecule has 3 heteroatoms. The Hall–Kier alpha value is -1.71. The standard InChI is InChI=1S/C17H15BrN2/c18-13-8-9-14(20-11-13)10-17(19)16-7-3-5-12-4-1-2-6-15(12)16/h1-9,11,17H,10,19H2. The Morgan fingerprint density at radius 1 is 1.00 bits per heavy atom. The quantitative estimate of drug-likeness (QED) is 0.781. The van der Waals surface area contributed by atoms with Gasteiger partial charge in [0.25, 0.3) is 0 Å². The molecule has 3 aromatic rings. The smallest absolute Gasteiger partial charge is 0.0423 e. The number of pyridine rings is 1. The Labute approximate surface area is 126 Å². The van der Waals surface area contributed by atoms with Crippen LogP contribution in [-0.4, -0.2) is 4.98 Å². The number of aromatic nitrogens is 1. The van der Waals surface area contributed by atoms with Crippen LogP contribution in [0.4, 0.5) is 0 Å². The van der Waals surface area contributed by atoms with Gasteiger partial charge in [-0.1, -0.05) is 42.5 Å². The van der Waals surface area contributed by atoms with Crippen LogP contribution in [0.25, 0.3) is 10.8 Å². The molecule has 0 bridgehead atoms. The highest BCUT2D eigenvalue weighted by Crippen LogP contribution is 2.25. The Balaban J connectivity index is 1.92. The van der Waals surface area contributed by atoms with Gasteiger partial charge in [0, 0.05) is 28.8 Å². The Kier molecular flexibility index (Phi) is 3.81. The average molecular weight is 327 g/mol. The molecule has 2 aromatic carbocycles. The number of rotatable bonds is 3. The molecule has 2 N–H and O–H groups in total. The van der Waals surface area contributed by atoms with Crippen molar-refractivity contribution in [3.05, 3.63) is 76.5 Å². The second-order valence-corrected chi connectivity index (χ2v) is 5.76. The van der Waals surface area contributed by atoms with Gasteiger partial charge < -0.3 is 5.73 Å². The first-order chi connectivity index (χ1) is 9.74. The normalized spacial score (nSPS) is 12.5. The highest BCUT2D eigenvalue weighted by atomic mass is 79.9. The van der Waals surface area contributed by atoms with Gasteiger partial charge in [0.05, 0.1) is 0 Å². The highest BCUT2D eigenvalue weighted by Gasteiger charge is 2.11. The van der Waals surface area contributed by atoms with Crippen molar-refractivity contribution in [2.24, 2.45) is 5.73 Å². The molecule has 0 radical (unpaired) electrons. The summed E-state index contributed by atoms with van der Waals surface area (Å²) in [5.74, 6) is 0. The van der Waals surface area contributed by atoms with Gasteiger partial charge in [-0.25, -0.2) is 0 Å². The maximum Gasteiger partial charge on any atom is 0.0423 e. The first kappa shape index (κ1) is 13.3. The zero-order valence-electron chi connectivity index (χ0n) is 11.0. The van der Waals surface area contributed by atoms with Gasteiger partial charge in [-0.3, -0.25) is 4.98 Å². The van der Waals surface area contributed by atoms with E-state index in [4.69, 9.17) is 5.73 Å². The van der Waals surface area contributed by atoms with E-state index in [1.165, 1.54) is 16.3 Å². The molecule has 1 aromatic heterocycles. The van der Waals surface area contributed by atoms with Crippen molar-refractivity contribution in [2.75, 3.05) is 0 Å². The monoisotopic (exact) mass is 326 g/mol. The topological polar surface area (TPSA) is 38.9 Å². The predicted octanol–water partition coefficient (Wildman–Crippen LogP) is 4.24. The van der Waals surface area contributed by atoms with E-state index in [0.29, 0.717) is 0 Å². The molecule has 3 rings (SSSR count). The SMILES string of the molecule is NC(Cc1ccc(Br)cn1)c1cccc2ccccc12. The van der Waals surface area contributed by atoms with Gasteiger partial charge >= 0.3 is 0 Å². The molecule has 100 valence electrons. The number of nitrogens with two attached hydrogens (primary N) is 1. The minimum atomic E-state index is -0.0465. The van der Waals surface area contributed by atoms with Gasteiger partial charge in [-0.2, -0.15) is 0 Å². The third kappa shape index (κ3) is 2.74. The van der Waals surface area contributed by atoms with E-state index in [2.05, 4.69) is 57.3 Å².